The molecule has 0 aliphatic heterocycles. The van der Waals surface area contributed by atoms with Crippen LogP contribution in [0.1, 0.15) is 12.5 Å². The topological polar surface area (TPSA) is 237 Å². The fourth-order valence-corrected chi connectivity index (χ4v) is 6.27. The molecule has 1 aliphatic carbocycles. The first-order valence-electron chi connectivity index (χ1n) is 8.46. The number of alkyl halides is 1. The van der Waals surface area contributed by atoms with Crippen molar-refractivity contribution < 1.29 is 55.9 Å². The van der Waals surface area contributed by atoms with Crippen molar-refractivity contribution in [2.24, 2.45) is 0 Å². The number of halogens is 1. The average molecular weight is 518 g/mol. The first-order chi connectivity index (χ1) is 14.5. The van der Waals surface area contributed by atoms with E-state index in [1.807, 2.05) is 0 Å². The highest BCUT2D eigenvalue weighted by molar-refractivity contribution is 7.66. The molecular formula is C13H18FN4O11P3. The van der Waals surface area contributed by atoms with E-state index in [4.69, 9.17) is 20.4 Å². The number of rotatable bonds is 8. The Balaban J connectivity index is 1.77. The number of phosphoric acid groups is 3. The van der Waals surface area contributed by atoms with E-state index < -0.39 is 47.9 Å². The molecule has 19 heteroatoms. The molecule has 178 valence electrons. The van der Waals surface area contributed by atoms with Gasteiger partial charge in [0.15, 0.2) is 5.67 Å². The summed E-state index contributed by atoms with van der Waals surface area (Å²) in [5.41, 5.74) is 2.98. The summed E-state index contributed by atoms with van der Waals surface area (Å²) in [5, 5.41) is 10.7. The zero-order chi connectivity index (χ0) is 24.1. The van der Waals surface area contributed by atoms with E-state index in [-0.39, 0.29) is 17.8 Å². The molecule has 7 N–H and O–H groups in total. The summed E-state index contributed by atoms with van der Waals surface area (Å²) < 4.78 is 62.4. The van der Waals surface area contributed by atoms with Gasteiger partial charge in [0.25, 0.3) is 0 Å². The molecule has 2 unspecified atom stereocenters. The smallest absolute Gasteiger partial charge is 0.389 e. The predicted octanol–water partition coefficient (Wildman–Crippen LogP) is 0.927. The molecule has 0 saturated heterocycles. The largest absolute Gasteiger partial charge is 0.490 e. The molecule has 15 nitrogen and oxygen atoms in total. The molecule has 0 radical (unpaired) electrons. The summed E-state index contributed by atoms with van der Waals surface area (Å²) in [5.74, 6) is 0.164. The zero-order valence-corrected chi connectivity index (χ0v) is 18.5. The van der Waals surface area contributed by atoms with Crippen molar-refractivity contribution in [2.75, 3.05) is 12.3 Å². The lowest BCUT2D eigenvalue weighted by Crippen LogP contribution is -2.38. The molecular weight excluding hydrogens is 500 g/mol. The van der Waals surface area contributed by atoms with Gasteiger partial charge in [-0.3, -0.25) is 4.52 Å². The molecule has 2 heterocycles. The van der Waals surface area contributed by atoms with Crippen LogP contribution in [0.15, 0.2) is 30.7 Å². The Bertz CT molecular complexity index is 1200. The lowest BCUT2D eigenvalue weighted by Gasteiger charge is -2.26. The molecule has 0 bridgehead atoms. The number of aliphatic hydroxyl groups is 1. The van der Waals surface area contributed by atoms with Crippen LogP contribution in [-0.2, 0) is 26.8 Å². The number of hydrogen-bond donors (Lipinski definition) is 6. The number of nitrogens with two attached hydrogens (primary N) is 1. The quantitative estimate of drug-likeness (QED) is 0.211. The third-order valence-electron chi connectivity index (χ3n) is 4.64. The molecule has 2 aromatic rings. The van der Waals surface area contributed by atoms with E-state index in [1.54, 1.807) is 6.07 Å². The fraction of sp³-hybridized carbons (Fsp3) is 0.385. The van der Waals surface area contributed by atoms with Gasteiger partial charge in [-0.1, -0.05) is 6.58 Å². The molecule has 1 aliphatic rings. The number of anilines is 1. The Kier molecular flexibility index (Phi) is 6.55. The Labute approximate surface area is 178 Å². The zero-order valence-electron chi connectivity index (χ0n) is 15.8. The predicted molar refractivity (Wildman–Crippen MR) is 104 cm³/mol. The van der Waals surface area contributed by atoms with Gasteiger partial charge in [-0.2, -0.15) is 8.62 Å². The molecule has 3 rings (SSSR count). The van der Waals surface area contributed by atoms with Crippen molar-refractivity contribution >= 4 is 40.3 Å². The van der Waals surface area contributed by atoms with Gasteiger partial charge in [0.2, 0.25) is 0 Å². The number of hydrogen-bond acceptors (Lipinski definition) is 10. The van der Waals surface area contributed by atoms with Crippen molar-refractivity contribution in [1.82, 2.24) is 14.5 Å². The monoisotopic (exact) mass is 518 g/mol. The van der Waals surface area contributed by atoms with E-state index in [0.29, 0.717) is 11.0 Å². The second kappa shape index (κ2) is 8.35. The fourth-order valence-electron chi connectivity index (χ4n) is 3.22. The van der Waals surface area contributed by atoms with Gasteiger partial charge in [0, 0.05) is 12.6 Å². The highest BCUT2D eigenvalue weighted by Crippen LogP contribution is 2.66. The standard InChI is InChI=1S/C13H18FN4O11P3/c1-7-9(18-3-2-8-11(15)16-6-17-12(8)18)4-10(19)13(7,14)5-27-31(23,24)29-32(25,26)28-30(20,21)22/h2-3,6,9-10,19H,1,4-5H2,(H,23,24)(H,25,26)(H2,15,16,17)(H2,20,21,22)/t9-,10-,13+/m0/s1. The minimum absolute atomic E-state index is 0.164. The molecule has 2 aromatic heterocycles. The summed E-state index contributed by atoms with van der Waals surface area (Å²) in [4.78, 5) is 43.6. The van der Waals surface area contributed by atoms with Crippen LogP contribution in [0, 0.1) is 0 Å². The SMILES string of the molecule is C=C1[C@@H](n2ccc3c(N)ncnc32)C[C@H](O)[C@@]1(F)COP(=O)(O)OP(=O)(O)OP(=O)(O)O. The van der Waals surface area contributed by atoms with Gasteiger partial charge in [-0.15, -0.1) is 0 Å². The molecule has 0 spiro atoms. The second-order valence-corrected chi connectivity index (χ2v) is 11.2. The number of nitrogens with zero attached hydrogens (tertiary/aromatic N) is 3. The molecule has 0 amide bonds. The van der Waals surface area contributed by atoms with E-state index in [2.05, 4.69) is 29.7 Å². The highest BCUT2D eigenvalue weighted by Gasteiger charge is 2.53. The lowest BCUT2D eigenvalue weighted by molar-refractivity contribution is -0.00237. The van der Waals surface area contributed by atoms with Gasteiger partial charge in [-0.05, 0) is 11.6 Å². The number of phosphoric ester groups is 1. The maximum atomic E-state index is 15.5. The first-order valence-corrected chi connectivity index (χ1v) is 13.0. The van der Waals surface area contributed by atoms with Crippen LogP contribution in [0.2, 0.25) is 0 Å². The van der Waals surface area contributed by atoms with Gasteiger partial charge in [0.05, 0.1) is 24.1 Å². The highest BCUT2D eigenvalue weighted by atomic mass is 31.3. The number of aromatic nitrogens is 3. The third kappa shape index (κ3) is 5.16. The normalized spacial score (nSPS) is 28.0. The first kappa shape index (κ1) is 25.1. The molecule has 0 aromatic carbocycles. The molecule has 1 fully saturated rings. The van der Waals surface area contributed by atoms with Gasteiger partial charge in [-0.25, -0.2) is 28.1 Å². The van der Waals surface area contributed by atoms with E-state index in [1.165, 1.54) is 17.1 Å². The van der Waals surface area contributed by atoms with Gasteiger partial charge in [0.1, 0.15) is 17.8 Å². The summed E-state index contributed by atoms with van der Waals surface area (Å²) in [7, 11) is -16.9. The number of aliphatic hydroxyl groups excluding tert-OH is 1. The number of fused-ring (bicyclic) bond motifs is 1. The average Bonchev–Trinajstić information content (AvgIpc) is 3.13. The second-order valence-electron chi connectivity index (χ2n) is 6.74. The minimum Gasteiger partial charge on any atom is -0.389 e. The van der Waals surface area contributed by atoms with E-state index >= 15 is 4.39 Å². The van der Waals surface area contributed by atoms with Crippen LogP contribution in [0.5, 0.6) is 0 Å². The van der Waals surface area contributed by atoms with Crippen LogP contribution in [0.25, 0.3) is 11.0 Å². The minimum atomic E-state index is -5.77. The maximum absolute atomic E-state index is 15.5. The maximum Gasteiger partial charge on any atom is 0.490 e. The molecule has 1 saturated carbocycles. The van der Waals surface area contributed by atoms with Crippen molar-refractivity contribution in [3.63, 3.8) is 0 Å². The summed E-state index contributed by atoms with van der Waals surface area (Å²) >= 11 is 0. The Hall–Kier alpha value is -1.54. The van der Waals surface area contributed by atoms with Crippen LogP contribution >= 0.6 is 23.5 Å². The Morgan fingerprint density at radius 1 is 1.22 bits per heavy atom. The molecule has 32 heavy (non-hydrogen) atoms. The lowest BCUT2D eigenvalue weighted by atomic mass is 9.99. The summed E-state index contributed by atoms with van der Waals surface area (Å²) in [6.07, 6.45) is 0.652. The Morgan fingerprint density at radius 2 is 1.88 bits per heavy atom. The third-order valence-corrected chi connectivity index (χ3v) is 8.42. The van der Waals surface area contributed by atoms with Crippen molar-refractivity contribution in [1.29, 1.82) is 0 Å². The van der Waals surface area contributed by atoms with Crippen molar-refractivity contribution in [3.05, 3.63) is 30.7 Å². The van der Waals surface area contributed by atoms with Crippen LogP contribution in [0.3, 0.4) is 0 Å². The van der Waals surface area contributed by atoms with Crippen LogP contribution < -0.4 is 5.73 Å². The molecule has 5 atom stereocenters. The van der Waals surface area contributed by atoms with Crippen LogP contribution in [0.4, 0.5) is 10.2 Å². The van der Waals surface area contributed by atoms with Gasteiger partial charge < -0.3 is 35.0 Å². The van der Waals surface area contributed by atoms with E-state index in [9.17, 15) is 23.7 Å². The van der Waals surface area contributed by atoms with Crippen molar-refractivity contribution in [3.8, 4) is 0 Å². The Morgan fingerprint density at radius 3 is 2.50 bits per heavy atom. The number of nitrogen functional groups attached to an aromatic ring is 1. The van der Waals surface area contributed by atoms with Crippen molar-refractivity contribution in [2.45, 2.75) is 24.2 Å². The summed E-state index contributed by atoms with van der Waals surface area (Å²) in [6, 6.07) is 0.681. The van der Waals surface area contributed by atoms with Crippen LogP contribution in [-0.4, -0.2) is 57.6 Å². The van der Waals surface area contributed by atoms with Gasteiger partial charge >= 0.3 is 23.5 Å². The summed E-state index contributed by atoms with van der Waals surface area (Å²) in [6.45, 7) is 2.24. The van der Waals surface area contributed by atoms with E-state index in [0.717, 1.165) is 0 Å².